The van der Waals surface area contributed by atoms with Crippen LogP contribution >= 0.6 is 11.6 Å². The zero-order chi connectivity index (χ0) is 16.5. The van der Waals surface area contributed by atoms with E-state index >= 15 is 0 Å². The lowest BCUT2D eigenvalue weighted by atomic mass is 10.2. The third-order valence-electron chi connectivity index (χ3n) is 4.14. The molecule has 1 amide bonds. The van der Waals surface area contributed by atoms with E-state index in [0.717, 1.165) is 24.4 Å². The SMILES string of the molecule is O=C(N[C@H]1CCN(c2nccn3cnnc23)C1)c1ccccc1Cl. The normalized spacial score (nSPS) is 17.4. The van der Waals surface area contributed by atoms with Crippen LogP contribution in [0.2, 0.25) is 5.02 Å². The van der Waals surface area contributed by atoms with Crippen LogP contribution in [-0.4, -0.2) is 44.6 Å². The fourth-order valence-electron chi connectivity index (χ4n) is 2.95. The van der Waals surface area contributed by atoms with Crippen LogP contribution in [0.4, 0.5) is 5.82 Å². The van der Waals surface area contributed by atoms with Gasteiger partial charge < -0.3 is 10.2 Å². The van der Waals surface area contributed by atoms with Crippen LogP contribution in [0.25, 0.3) is 5.65 Å². The second-order valence-corrected chi connectivity index (χ2v) is 6.10. The number of benzene rings is 1. The second-order valence-electron chi connectivity index (χ2n) is 5.70. The van der Waals surface area contributed by atoms with Crippen molar-refractivity contribution in [1.82, 2.24) is 24.9 Å². The lowest BCUT2D eigenvalue weighted by molar-refractivity contribution is 0.0940. The Hall–Kier alpha value is -2.67. The Morgan fingerprint density at radius 1 is 1.33 bits per heavy atom. The molecule has 0 bridgehead atoms. The van der Waals surface area contributed by atoms with Crippen LogP contribution in [0.3, 0.4) is 0 Å². The molecule has 122 valence electrons. The molecule has 0 radical (unpaired) electrons. The fourth-order valence-corrected chi connectivity index (χ4v) is 3.17. The third-order valence-corrected chi connectivity index (χ3v) is 4.47. The molecule has 3 heterocycles. The highest BCUT2D eigenvalue weighted by Crippen LogP contribution is 2.22. The number of halogens is 1. The first kappa shape index (κ1) is 14.9. The van der Waals surface area contributed by atoms with Gasteiger partial charge in [-0.05, 0) is 18.6 Å². The van der Waals surface area contributed by atoms with E-state index in [9.17, 15) is 4.79 Å². The lowest BCUT2D eigenvalue weighted by Crippen LogP contribution is -2.37. The molecule has 1 aliphatic rings. The van der Waals surface area contributed by atoms with Crippen molar-refractivity contribution in [3.8, 4) is 0 Å². The lowest BCUT2D eigenvalue weighted by Gasteiger charge is -2.18. The van der Waals surface area contributed by atoms with Crippen molar-refractivity contribution in [2.24, 2.45) is 0 Å². The minimum absolute atomic E-state index is 0.0405. The van der Waals surface area contributed by atoms with Crippen molar-refractivity contribution in [2.75, 3.05) is 18.0 Å². The molecule has 0 aliphatic carbocycles. The van der Waals surface area contributed by atoms with Gasteiger partial charge in [0.05, 0.1) is 10.6 Å². The first-order valence-corrected chi connectivity index (χ1v) is 8.05. The average molecular weight is 343 g/mol. The Labute approximate surface area is 143 Å². The number of amides is 1. The Morgan fingerprint density at radius 3 is 3.08 bits per heavy atom. The molecule has 1 saturated heterocycles. The number of rotatable bonds is 3. The van der Waals surface area contributed by atoms with Gasteiger partial charge in [0, 0.05) is 31.5 Å². The molecule has 3 aromatic rings. The summed E-state index contributed by atoms with van der Waals surface area (Å²) in [6.45, 7) is 1.47. The number of fused-ring (bicyclic) bond motifs is 1. The Bertz CT molecular complexity index is 895. The summed E-state index contributed by atoms with van der Waals surface area (Å²) in [7, 11) is 0. The number of carbonyl (C=O) groups is 1. The Kier molecular flexibility index (Phi) is 3.78. The highest BCUT2D eigenvalue weighted by molar-refractivity contribution is 6.33. The maximum absolute atomic E-state index is 12.4. The van der Waals surface area contributed by atoms with Gasteiger partial charge in [-0.15, -0.1) is 10.2 Å². The van der Waals surface area contributed by atoms with Gasteiger partial charge in [-0.25, -0.2) is 4.98 Å². The molecule has 7 nitrogen and oxygen atoms in total. The first-order valence-electron chi connectivity index (χ1n) is 7.67. The summed E-state index contributed by atoms with van der Waals surface area (Å²) < 4.78 is 1.83. The zero-order valence-corrected chi connectivity index (χ0v) is 13.5. The van der Waals surface area contributed by atoms with E-state index in [1.165, 1.54) is 0 Å². The summed E-state index contributed by atoms with van der Waals surface area (Å²) in [5, 5.41) is 11.5. The highest BCUT2D eigenvalue weighted by atomic mass is 35.5. The van der Waals surface area contributed by atoms with Gasteiger partial charge >= 0.3 is 0 Å². The van der Waals surface area contributed by atoms with Gasteiger partial charge in [0.2, 0.25) is 5.65 Å². The maximum Gasteiger partial charge on any atom is 0.253 e. The summed E-state index contributed by atoms with van der Waals surface area (Å²) in [6.07, 6.45) is 6.02. The molecular weight excluding hydrogens is 328 g/mol. The van der Waals surface area contributed by atoms with E-state index in [4.69, 9.17) is 11.6 Å². The number of nitrogens with one attached hydrogen (secondary N) is 1. The molecule has 2 aromatic heterocycles. The molecular formula is C16H15ClN6O. The summed E-state index contributed by atoms with van der Waals surface area (Å²) >= 11 is 6.08. The minimum Gasteiger partial charge on any atom is -0.351 e. The summed E-state index contributed by atoms with van der Waals surface area (Å²) in [4.78, 5) is 18.9. The van der Waals surface area contributed by atoms with E-state index in [1.54, 1.807) is 36.8 Å². The predicted octanol–water partition coefficient (Wildman–Crippen LogP) is 1.79. The topological polar surface area (TPSA) is 75.4 Å². The van der Waals surface area contributed by atoms with E-state index in [1.807, 2.05) is 10.6 Å². The molecule has 0 unspecified atom stereocenters. The van der Waals surface area contributed by atoms with Gasteiger partial charge in [-0.1, -0.05) is 23.7 Å². The molecule has 1 fully saturated rings. The predicted molar refractivity (Wildman–Crippen MR) is 90.3 cm³/mol. The molecule has 4 rings (SSSR count). The molecule has 1 aliphatic heterocycles. The molecule has 1 N–H and O–H groups in total. The number of carbonyl (C=O) groups excluding carboxylic acids is 1. The van der Waals surface area contributed by atoms with E-state index < -0.39 is 0 Å². The zero-order valence-electron chi connectivity index (χ0n) is 12.8. The fraction of sp³-hybridized carbons (Fsp3) is 0.250. The van der Waals surface area contributed by atoms with Crippen molar-refractivity contribution < 1.29 is 4.79 Å². The molecule has 0 spiro atoms. The van der Waals surface area contributed by atoms with E-state index in [-0.39, 0.29) is 11.9 Å². The number of nitrogens with zero attached hydrogens (tertiary/aromatic N) is 5. The number of anilines is 1. The van der Waals surface area contributed by atoms with Crippen LogP contribution in [0, 0.1) is 0 Å². The molecule has 0 saturated carbocycles. The Morgan fingerprint density at radius 2 is 2.21 bits per heavy atom. The second kappa shape index (κ2) is 6.09. The van der Waals surface area contributed by atoms with Gasteiger partial charge in [0.15, 0.2) is 5.82 Å². The monoisotopic (exact) mass is 342 g/mol. The molecule has 1 aromatic carbocycles. The number of hydrogen-bond donors (Lipinski definition) is 1. The van der Waals surface area contributed by atoms with Crippen molar-refractivity contribution in [1.29, 1.82) is 0 Å². The quantitative estimate of drug-likeness (QED) is 0.785. The highest BCUT2D eigenvalue weighted by Gasteiger charge is 2.27. The van der Waals surface area contributed by atoms with Crippen LogP contribution < -0.4 is 10.2 Å². The molecule has 1 atom stereocenters. The van der Waals surface area contributed by atoms with Crippen LogP contribution in [0.5, 0.6) is 0 Å². The van der Waals surface area contributed by atoms with Gasteiger partial charge in [0.25, 0.3) is 5.91 Å². The minimum atomic E-state index is -0.152. The van der Waals surface area contributed by atoms with Crippen LogP contribution in [-0.2, 0) is 0 Å². The van der Waals surface area contributed by atoms with Crippen LogP contribution in [0.15, 0.2) is 43.0 Å². The standard InChI is InChI=1S/C16H15ClN6O/c17-13-4-2-1-3-12(13)16(24)20-11-5-7-22(9-11)14-15-21-19-10-23(15)8-6-18-14/h1-4,6,8,10-11H,5,7,9H2,(H,20,24)/t11-/m0/s1. The largest absolute Gasteiger partial charge is 0.351 e. The summed E-state index contributed by atoms with van der Waals surface area (Å²) in [5.41, 5.74) is 1.21. The third kappa shape index (κ3) is 2.67. The average Bonchev–Trinajstić information content (AvgIpc) is 3.23. The number of hydrogen-bond acceptors (Lipinski definition) is 5. The number of aromatic nitrogens is 4. The first-order chi connectivity index (χ1) is 11.7. The molecule has 8 heteroatoms. The van der Waals surface area contributed by atoms with Crippen molar-refractivity contribution >= 4 is 29.0 Å². The van der Waals surface area contributed by atoms with Crippen molar-refractivity contribution in [3.05, 3.63) is 53.6 Å². The van der Waals surface area contributed by atoms with Gasteiger partial charge in [-0.3, -0.25) is 9.20 Å². The smallest absolute Gasteiger partial charge is 0.253 e. The van der Waals surface area contributed by atoms with Gasteiger partial charge in [-0.2, -0.15) is 0 Å². The molecule has 24 heavy (non-hydrogen) atoms. The van der Waals surface area contributed by atoms with Crippen LogP contribution in [0.1, 0.15) is 16.8 Å². The van der Waals surface area contributed by atoms with Crippen molar-refractivity contribution in [3.63, 3.8) is 0 Å². The van der Waals surface area contributed by atoms with E-state index in [0.29, 0.717) is 17.1 Å². The summed E-state index contributed by atoms with van der Waals surface area (Å²) in [5.74, 6) is 0.630. The van der Waals surface area contributed by atoms with Gasteiger partial charge in [0.1, 0.15) is 6.33 Å². The Balaban J connectivity index is 1.48. The maximum atomic E-state index is 12.4. The van der Waals surface area contributed by atoms with Crippen molar-refractivity contribution in [2.45, 2.75) is 12.5 Å². The summed E-state index contributed by atoms with van der Waals surface area (Å²) in [6, 6.07) is 7.09. The van der Waals surface area contributed by atoms with E-state index in [2.05, 4.69) is 25.4 Å².